The molecule has 1 aromatic carbocycles. The van der Waals surface area contributed by atoms with Crippen LogP contribution >= 0.6 is 0 Å². The van der Waals surface area contributed by atoms with E-state index >= 15 is 0 Å². The maximum Gasteiger partial charge on any atom is 0.149 e. The summed E-state index contributed by atoms with van der Waals surface area (Å²) in [4.78, 5) is 4.68. The summed E-state index contributed by atoms with van der Waals surface area (Å²) in [6, 6.07) is 8.37. The van der Waals surface area contributed by atoms with Crippen LogP contribution in [0.5, 0.6) is 0 Å². The van der Waals surface area contributed by atoms with Gasteiger partial charge >= 0.3 is 0 Å². The third kappa shape index (κ3) is 1.66. The summed E-state index contributed by atoms with van der Waals surface area (Å²) in [6.45, 7) is 0. The zero-order chi connectivity index (χ0) is 10.8. The molecular weight excluding hydrogens is 193 g/mol. The molecule has 0 atom stereocenters. The lowest BCUT2D eigenvalue weighted by Crippen LogP contribution is -2.13. The lowest BCUT2D eigenvalue weighted by atomic mass is 10.2. The predicted octanol–water partition coefficient (Wildman–Crippen LogP) is 2.50. The van der Waals surface area contributed by atoms with E-state index in [-0.39, 0.29) is 5.82 Å². The van der Waals surface area contributed by atoms with E-state index in [0.717, 1.165) is 5.82 Å². The minimum absolute atomic E-state index is 0.327. The van der Waals surface area contributed by atoms with Crippen LogP contribution in [0.4, 0.5) is 21.6 Å². The Labute approximate surface area is 87.3 Å². The molecule has 0 spiro atoms. The largest absolute Gasteiger partial charge is 0.397 e. The van der Waals surface area contributed by atoms with Crippen molar-refractivity contribution < 1.29 is 4.39 Å². The van der Waals surface area contributed by atoms with E-state index in [9.17, 15) is 4.39 Å². The number of anilines is 3. The van der Waals surface area contributed by atoms with Crippen LogP contribution in [0.15, 0.2) is 36.5 Å². The van der Waals surface area contributed by atoms with Gasteiger partial charge < -0.3 is 15.6 Å². The maximum absolute atomic E-state index is 13.6. The van der Waals surface area contributed by atoms with Crippen LogP contribution in [-0.4, -0.2) is 12.0 Å². The molecule has 0 unspecified atom stereocenters. The molecule has 4 heteroatoms. The first-order valence-corrected chi connectivity index (χ1v) is 4.61. The number of para-hydroxylation sites is 1. The van der Waals surface area contributed by atoms with Gasteiger partial charge in [-0.2, -0.15) is 0 Å². The summed E-state index contributed by atoms with van der Waals surface area (Å²) in [6.07, 6.45) is 1.78. The third-order valence-electron chi connectivity index (χ3n) is 2.30. The van der Waals surface area contributed by atoms with Crippen LogP contribution in [0.2, 0.25) is 0 Å². The molecule has 0 aliphatic rings. The van der Waals surface area contributed by atoms with Crippen LogP contribution < -0.4 is 10.6 Å². The molecule has 78 valence electrons. The highest BCUT2D eigenvalue weighted by atomic mass is 19.1. The molecule has 0 saturated carbocycles. The fourth-order valence-electron chi connectivity index (χ4n) is 1.54. The Hall–Kier alpha value is -1.97. The molecule has 2 rings (SSSR count). The molecule has 2 aromatic rings. The smallest absolute Gasteiger partial charge is 0.149 e. The first-order chi connectivity index (χ1) is 7.20. The second-order valence-corrected chi connectivity index (χ2v) is 3.29. The van der Waals surface area contributed by atoms with E-state index in [2.05, 4.69) is 4.98 Å². The van der Waals surface area contributed by atoms with Crippen molar-refractivity contribution in [2.45, 2.75) is 0 Å². The Morgan fingerprint density at radius 3 is 2.67 bits per heavy atom. The number of aromatic amines is 1. The van der Waals surface area contributed by atoms with Crippen molar-refractivity contribution in [3.63, 3.8) is 0 Å². The normalized spacial score (nSPS) is 10.3. The van der Waals surface area contributed by atoms with Gasteiger partial charge in [-0.3, -0.25) is 0 Å². The van der Waals surface area contributed by atoms with Crippen molar-refractivity contribution >= 4 is 17.2 Å². The summed E-state index contributed by atoms with van der Waals surface area (Å²) in [5, 5.41) is 0. The fraction of sp³-hybridized carbons (Fsp3) is 0.0909. The minimum atomic E-state index is -0.327. The molecule has 0 aliphatic carbocycles. The number of halogens is 1. The van der Waals surface area contributed by atoms with Gasteiger partial charge in [-0.25, -0.2) is 4.39 Å². The lowest BCUT2D eigenvalue weighted by molar-refractivity contribution is 0.628. The number of benzene rings is 1. The monoisotopic (exact) mass is 205 g/mol. The first kappa shape index (κ1) is 9.58. The van der Waals surface area contributed by atoms with E-state index in [1.54, 1.807) is 30.3 Å². The third-order valence-corrected chi connectivity index (χ3v) is 2.30. The van der Waals surface area contributed by atoms with Crippen LogP contribution in [0.1, 0.15) is 0 Å². The molecular formula is C11H12FN3. The van der Waals surface area contributed by atoms with Crippen molar-refractivity contribution in [3.8, 4) is 0 Å². The summed E-state index contributed by atoms with van der Waals surface area (Å²) in [5.41, 5.74) is 6.54. The number of hydrogen-bond donors (Lipinski definition) is 2. The topological polar surface area (TPSA) is 45.0 Å². The number of rotatable bonds is 2. The molecule has 0 fully saturated rings. The molecule has 15 heavy (non-hydrogen) atoms. The van der Waals surface area contributed by atoms with E-state index in [1.165, 1.54) is 6.07 Å². The Bertz CT molecular complexity index is 431. The van der Waals surface area contributed by atoms with Crippen LogP contribution in [0.3, 0.4) is 0 Å². The van der Waals surface area contributed by atoms with Gasteiger partial charge in [-0.15, -0.1) is 0 Å². The summed E-state index contributed by atoms with van der Waals surface area (Å²) < 4.78 is 13.6. The number of hydrogen-bond acceptors (Lipinski definition) is 2. The van der Waals surface area contributed by atoms with Crippen molar-refractivity contribution in [2.75, 3.05) is 17.7 Å². The second-order valence-electron chi connectivity index (χ2n) is 3.29. The zero-order valence-electron chi connectivity index (χ0n) is 8.37. The number of nitrogens with zero attached hydrogens (tertiary/aromatic N) is 1. The van der Waals surface area contributed by atoms with Gasteiger partial charge in [0.25, 0.3) is 0 Å². The SMILES string of the molecule is CN(c1ccc[nH]1)c1c(N)cccc1F. The standard InChI is InChI=1S/C11H12FN3/c1-15(10-6-3-7-14-10)11-8(12)4-2-5-9(11)13/h2-7,14H,13H2,1H3. The average molecular weight is 205 g/mol. The summed E-state index contributed by atoms with van der Waals surface area (Å²) in [7, 11) is 1.76. The van der Waals surface area contributed by atoms with Crippen LogP contribution in [-0.2, 0) is 0 Å². The fourth-order valence-corrected chi connectivity index (χ4v) is 1.54. The quantitative estimate of drug-likeness (QED) is 0.740. The van der Waals surface area contributed by atoms with E-state index in [0.29, 0.717) is 11.4 Å². The number of aromatic nitrogens is 1. The van der Waals surface area contributed by atoms with Gasteiger partial charge in [-0.05, 0) is 24.3 Å². The van der Waals surface area contributed by atoms with Crippen LogP contribution in [0, 0.1) is 5.82 Å². The van der Waals surface area contributed by atoms with E-state index < -0.39 is 0 Å². The van der Waals surface area contributed by atoms with E-state index in [4.69, 9.17) is 5.73 Å². The average Bonchev–Trinajstić information content (AvgIpc) is 2.69. The lowest BCUT2D eigenvalue weighted by Gasteiger charge is -2.19. The van der Waals surface area contributed by atoms with E-state index in [1.807, 2.05) is 12.1 Å². The molecule has 0 bridgehead atoms. The summed E-state index contributed by atoms with van der Waals surface area (Å²) >= 11 is 0. The van der Waals surface area contributed by atoms with Gasteiger partial charge in [0.15, 0.2) is 0 Å². The molecule has 1 heterocycles. The molecule has 0 saturated heterocycles. The van der Waals surface area contributed by atoms with Gasteiger partial charge in [0.1, 0.15) is 17.3 Å². The molecule has 3 N–H and O–H groups in total. The molecule has 0 amide bonds. The van der Waals surface area contributed by atoms with Crippen molar-refractivity contribution in [3.05, 3.63) is 42.3 Å². The minimum Gasteiger partial charge on any atom is -0.397 e. The number of nitrogens with one attached hydrogen (secondary N) is 1. The van der Waals surface area contributed by atoms with Crippen molar-refractivity contribution in [2.24, 2.45) is 0 Å². The summed E-state index contributed by atoms with van der Waals surface area (Å²) in [5.74, 6) is 0.471. The molecule has 0 aliphatic heterocycles. The Balaban J connectivity index is 2.46. The number of H-pyrrole nitrogens is 1. The maximum atomic E-state index is 13.6. The highest BCUT2D eigenvalue weighted by molar-refractivity contribution is 5.73. The van der Waals surface area contributed by atoms with Crippen LogP contribution in [0.25, 0.3) is 0 Å². The number of nitrogen functional groups attached to an aromatic ring is 1. The molecule has 0 radical (unpaired) electrons. The number of nitrogens with two attached hydrogens (primary N) is 1. The Kier molecular flexibility index (Phi) is 2.33. The highest BCUT2D eigenvalue weighted by Crippen LogP contribution is 2.30. The second kappa shape index (κ2) is 3.65. The van der Waals surface area contributed by atoms with Gasteiger partial charge in [-0.1, -0.05) is 6.07 Å². The predicted molar refractivity (Wildman–Crippen MR) is 59.7 cm³/mol. The highest BCUT2D eigenvalue weighted by Gasteiger charge is 2.12. The zero-order valence-corrected chi connectivity index (χ0v) is 8.37. The molecule has 1 aromatic heterocycles. The van der Waals surface area contributed by atoms with Gasteiger partial charge in [0.05, 0.1) is 5.69 Å². The van der Waals surface area contributed by atoms with Gasteiger partial charge in [0, 0.05) is 13.2 Å². The van der Waals surface area contributed by atoms with Crippen molar-refractivity contribution in [1.82, 2.24) is 4.98 Å². The molecule has 3 nitrogen and oxygen atoms in total. The van der Waals surface area contributed by atoms with Gasteiger partial charge in [0.2, 0.25) is 0 Å². The first-order valence-electron chi connectivity index (χ1n) is 4.61. The Morgan fingerprint density at radius 1 is 1.27 bits per heavy atom. The van der Waals surface area contributed by atoms with Crippen molar-refractivity contribution in [1.29, 1.82) is 0 Å². The Morgan fingerprint density at radius 2 is 2.07 bits per heavy atom.